The van der Waals surface area contributed by atoms with E-state index >= 15 is 0 Å². The highest BCUT2D eigenvalue weighted by molar-refractivity contribution is 6.33. The van der Waals surface area contributed by atoms with Gasteiger partial charge in [0.05, 0.1) is 10.7 Å². The van der Waals surface area contributed by atoms with Gasteiger partial charge >= 0.3 is 0 Å². The van der Waals surface area contributed by atoms with Gasteiger partial charge in [0, 0.05) is 31.2 Å². The van der Waals surface area contributed by atoms with Gasteiger partial charge in [0.2, 0.25) is 0 Å². The lowest BCUT2D eigenvalue weighted by Crippen LogP contribution is -2.37. The van der Waals surface area contributed by atoms with Crippen LogP contribution in [0.25, 0.3) is 0 Å². The largest absolute Gasteiger partial charge is 0.368 e. The van der Waals surface area contributed by atoms with E-state index in [0.29, 0.717) is 16.6 Å². The minimum atomic E-state index is 0.623. The number of para-hydroxylation sites is 1. The molecule has 0 saturated carbocycles. The molecule has 3 rings (SSSR count). The van der Waals surface area contributed by atoms with Crippen molar-refractivity contribution in [3.8, 4) is 0 Å². The lowest BCUT2D eigenvalue weighted by Gasteiger charge is -2.28. The summed E-state index contributed by atoms with van der Waals surface area (Å²) in [5.74, 6) is 0. The first-order valence-electron chi connectivity index (χ1n) is 7.02. The predicted octanol–water partition coefficient (Wildman–Crippen LogP) is 2.83. The fourth-order valence-electron chi connectivity index (χ4n) is 3.37. The van der Waals surface area contributed by atoms with E-state index in [9.17, 15) is 4.79 Å². The van der Waals surface area contributed by atoms with Crippen LogP contribution in [0, 0.1) is 0 Å². The summed E-state index contributed by atoms with van der Waals surface area (Å²) < 4.78 is 0. The van der Waals surface area contributed by atoms with Gasteiger partial charge in [0.25, 0.3) is 0 Å². The fraction of sp³-hybridized carbons (Fsp3) is 0.533. The number of carbonyl (C=O) groups excluding carboxylic acids is 1. The monoisotopic (exact) mass is 278 g/mol. The normalized spacial score (nSPS) is 24.1. The van der Waals surface area contributed by atoms with Gasteiger partial charge in [-0.1, -0.05) is 17.7 Å². The highest BCUT2D eigenvalue weighted by Crippen LogP contribution is 2.32. The predicted molar refractivity (Wildman–Crippen MR) is 78.3 cm³/mol. The van der Waals surface area contributed by atoms with Crippen LogP contribution in [-0.2, 0) is 0 Å². The SMILES string of the molecule is O=Cc1cccc(Cl)c1N1CCCN2CCCC2C1. The molecule has 0 aliphatic carbocycles. The van der Waals surface area contributed by atoms with Crippen molar-refractivity contribution in [1.29, 1.82) is 0 Å². The number of fused-ring (bicyclic) bond motifs is 1. The van der Waals surface area contributed by atoms with Crippen molar-refractivity contribution in [2.45, 2.75) is 25.3 Å². The van der Waals surface area contributed by atoms with Crippen LogP contribution in [0.5, 0.6) is 0 Å². The summed E-state index contributed by atoms with van der Waals surface area (Å²) in [6.45, 7) is 4.37. The van der Waals surface area contributed by atoms with Gasteiger partial charge in [-0.05, 0) is 37.9 Å². The Kier molecular flexibility index (Phi) is 3.76. The Morgan fingerprint density at radius 1 is 1.21 bits per heavy atom. The molecule has 4 heteroatoms. The molecule has 0 N–H and O–H groups in total. The van der Waals surface area contributed by atoms with Gasteiger partial charge in [0.15, 0.2) is 6.29 Å². The minimum Gasteiger partial charge on any atom is -0.368 e. The second kappa shape index (κ2) is 5.51. The second-order valence-electron chi connectivity index (χ2n) is 5.43. The smallest absolute Gasteiger partial charge is 0.152 e. The molecule has 3 nitrogen and oxygen atoms in total. The molecule has 1 aromatic rings. The number of anilines is 1. The van der Waals surface area contributed by atoms with Gasteiger partial charge in [0.1, 0.15) is 0 Å². The number of carbonyl (C=O) groups is 1. The highest BCUT2D eigenvalue weighted by atomic mass is 35.5. The first-order chi connectivity index (χ1) is 9.29. The molecular weight excluding hydrogens is 260 g/mol. The van der Waals surface area contributed by atoms with Crippen molar-refractivity contribution in [2.75, 3.05) is 31.1 Å². The number of hydrogen-bond donors (Lipinski definition) is 0. The van der Waals surface area contributed by atoms with Crippen LogP contribution in [0.4, 0.5) is 5.69 Å². The van der Waals surface area contributed by atoms with Gasteiger partial charge in [-0.3, -0.25) is 9.69 Å². The van der Waals surface area contributed by atoms with Crippen LogP contribution >= 0.6 is 11.6 Å². The van der Waals surface area contributed by atoms with E-state index in [0.717, 1.165) is 31.5 Å². The molecule has 0 aromatic heterocycles. The second-order valence-corrected chi connectivity index (χ2v) is 5.83. The molecule has 2 aliphatic rings. The zero-order valence-corrected chi connectivity index (χ0v) is 11.8. The number of aldehydes is 1. The van der Waals surface area contributed by atoms with E-state index in [4.69, 9.17) is 11.6 Å². The molecule has 1 aromatic carbocycles. The zero-order valence-electron chi connectivity index (χ0n) is 11.0. The molecule has 0 radical (unpaired) electrons. The maximum atomic E-state index is 11.2. The summed E-state index contributed by atoms with van der Waals surface area (Å²) in [6.07, 6.45) is 4.61. The minimum absolute atomic E-state index is 0.623. The molecule has 1 unspecified atom stereocenters. The fourth-order valence-corrected chi connectivity index (χ4v) is 3.67. The van der Waals surface area contributed by atoms with Gasteiger partial charge in [-0.15, -0.1) is 0 Å². The third-order valence-electron chi connectivity index (χ3n) is 4.26. The molecule has 19 heavy (non-hydrogen) atoms. The van der Waals surface area contributed by atoms with Crippen molar-refractivity contribution in [3.63, 3.8) is 0 Å². The van der Waals surface area contributed by atoms with Crippen molar-refractivity contribution >= 4 is 23.6 Å². The molecule has 2 heterocycles. The van der Waals surface area contributed by atoms with Gasteiger partial charge in [-0.2, -0.15) is 0 Å². The molecule has 0 spiro atoms. The molecule has 2 saturated heterocycles. The maximum absolute atomic E-state index is 11.2. The van der Waals surface area contributed by atoms with E-state index < -0.39 is 0 Å². The number of rotatable bonds is 2. The van der Waals surface area contributed by atoms with Gasteiger partial charge in [-0.25, -0.2) is 0 Å². The maximum Gasteiger partial charge on any atom is 0.152 e. The molecule has 1 atom stereocenters. The van der Waals surface area contributed by atoms with Gasteiger partial charge < -0.3 is 4.90 Å². The van der Waals surface area contributed by atoms with Crippen LogP contribution in [0.3, 0.4) is 0 Å². The third kappa shape index (κ3) is 2.49. The van der Waals surface area contributed by atoms with Crippen molar-refractivity contribution in [1.82, 2.24) is 4.90 Å². The zero-order chi connectivity index (χ0) is 13.2. The number of nitrogens with zero attached hydrogens (tertiary/aromatic N) is 2. The Labute approximate surface area is 119 Å². The van der Waals surface area contributed by atoms with E-state index in [1.54, 1.807) is 0 Å². The van der Waals surface area contributed by atoms with E-state index in [-0.39, 0.29) is 0 Å². The highest BCUT2D eigenvalue weighted by Gasteiger charge is 2.30. The van der Waals surface area contributed by atoms with Crippen LogP contribution < -0.4 is 4.90 Å². The summed E-state index contributed by atoms with van der Waals surface area (Å²) in [5, 5.41) is 0.691. The Morgan fingerprint density at radius 2 is 2.05 bits per heavy atom. The Hall–Kier alpha value is -1.06. The first-order valence-corrected chi connectivity index (χ1v) is 7.40. The topological polar surface area (TPSA) is 23.6 Å². The number of halogens is 1. The average Bonchev–Trinajstić information content (AvgIpc) is 2.76. The number of benzene rings is 1. The Morgan fingerprint density at radius 3 is 2.89 bits per heavy atom. The summed E-state index contributed by atoms with van der Waals surface area (Å²) in [4.78, 5) is 16.1. The van der Waals surface area contributed by atoms with Crippen molar-refractivity contribution in [3.05, 3.63) is 28.8 Å². The Bertz CT molecular complexity index is 477. The Balaban J connectivity index is 1.90. The van der Waals surface area contributed by atoms with Crippen LogP contribution in [-0.4, -0.2) is 43.4 Å². The molecule has 102 valence electrons. The van der Waals surface area contributed by atoms with Crippen LogP contribution in [0.1, 0.15) is 29.6 Å². The summed E-state index contributed by atoms with van der Waals surface area (Å²) in [6, 6.07) is 6.19. The third-order valence-corrected chi connectivity index (χ3v) is 4.57. The van der Waals surface area contributed by atoms with Crippen LogP contribution in [0.15, 0.2) is 18.2 Å². The standard InChI is InChI=1S/C15H19ClN2O/c16-14-6-1-4-12(11-19)15(14)18-9-3-8-17-7-2-5-13(17)10-18/h1,4,6,11,13H,2-3,5,7-10H2. The summed E-state index contributed by atoms with van der Waals surface area (Å²) in [7, 11) is 0. The quantitative estimate of drug-likeness (QED) is 0.777. The molecular formula is C15H19ClN2O. The average molecular weight is 279 g/mol. The number of hydrogen-bond acceptors (Lipinski definition) is 3. The van der Waals surface area contributed by atoms with Crippen molar-refractivity contribution in [2.24, 2.45) is 0 Å². The molecule has 2 aliphatic heterocycles. The van der Waals surface area contributed by atoms with E-state index in [2.05, 4.69) is 9.80 Å². The molecule has 0 bridgehead atoms. The van der Waals surface area contributed by atoms with Crippen LogP contribution in [0.2, 0.25) is 5.02 Å². The summed E-state index contributed by atoms with van der Waals surface area (Å²) in [5.41, 5.74) is 1.63. The molecule has 0 amide bonds. The van der Waals surface area contributed by atoms with Crippen molar-refractivity contribution < 1.29 is 4.79 Å². The summed E-state index contributed by atoms with van der Waals surface area (Å²) >= 11 is 6.32. The molecule has 2 fully saturated rings. The van der Waals surface area contributed by atoms with E-state index in [1.807, 2.05) is 18.2 Å². The van der Waals surface area contributed by atoms with E-state index in [1.165, 1.54) is 25.9 Å². The first kappa shape index (κ1) is 12.9. The lowest BCUT2D eigenvalue weighted by atomic mass is 10.1. The lowest BCUT2D eigenvalue weighted by molar-refractivity contribution is 0.112.